The summed E-state index contributed by atoms with van der Waals surface area (Å²) in [6.07, 6.45) is 5.67. The van der Waals surface area contributed by atoms with E-state index in [1.54, 1.807) is 0 Å². The van der Waals surface area contributed by atoms with Crippen molar-refractivity contribution in [3.8, 4) is 5.75 Å². The maximum Gasteiger partial charge on any atom is 0.115 e. The lowest BCUT2D eigenvalue weighted by atomic mass is 9.55. The summed E-state index contributed by atoms with van der Waals surface area (Å²) in [6, 6.07) is 5.96. The van der Waals surface area contributed by atoms with Gasteiger partial charge in [-0.2, -0.15) is 0 Å². The van der Waals surface area contributed by atoms with Gasteiger partial charge in [0.05, 0.1) is 6.10 Å². The SMILES string of the molecule is C[C@]12CC[C@@H]3c4ccc(O)cc4CC[C@H]3[C@@H]1C[C@@H]([125I])[C@@H]2O. The Hall–Kier alpha value is -0.290. The van der Waals surface area contributed by atoms with Crippen molar-refractivity contribution >= 4 is 22.6 Å². The smallest absolute Gasteiger partial charge is 0.115 e. The van der Waals surface area contributed by atoms with Crippen LogP contribution in [0.2, 0.25) is 0 Å². The minimum atomic E-state index is -0.134. The number of phenolic OH excluding ortho intramolecular Hbond substituents is 1. The zero-order valence-corrected chi connectivity index (χ0v) is 14.6. The molecule has 2 nitrogen and oxygen atoms in total. The largest absolute Gasteiger partial charge is 0.508 e. The van der Waals surface area contributed by atoms with Gasteiger partial charge in [-0.25, -0.2) is 0 Å². The van der Waals surface area contributed by atoms with E-state index in [4.69, 9.17) is 0 Å². The zero-order valence-electron chi connectivity index (χ0n) is 12.4. The Morgan fingerprint density at radius 3 is 2.90 bits per heavy atom. The average Bonchev–Trinajstić information content (AvgIpc) is 2.70. The maximum atomic E-state index is 10.6. The molecule has 21 heavy (non-hydrogen) atoms. The first-order chi connectivity index (χ1) is 10.0. The summed E-state index contributed by atoms with van der Waals surface area (Å²) < 4.78 is 0.414. The van der Waals surface area contributed by atoms with E-state index in [0.29, 0.717) is 21.5 Å². The van der Waals surface area contributed by atoms with Gasteiger partial charge < -0.3 is 10.2 Å². The molecule has 6 atom stereocenters. The second kappa shape index (κ2) is 4.85. The Balaban J connectivity index is 1.71. The third kappa shape index (κ3) is 1.99. The predicted molar refractivity (Wildman–Crippen MR) is 91.9 cm³/mol. The second-order valence-electron chi connectivity index (χ2n) is 7.54. The van der Waals surface area contributed by atoms with Crippen molar-refractivity contribution in [2.24, 2.45) is 17.3 Å². The molecule has 114 valence electrons. The van der Waals surface area contributed by atoms with Crippen molar-refractivity contribution in [2.75, 3.05) is 0 Å². The molecular formula is C18H23IO2. The molecule has 0 heterocycles. The number of aryl methyl sites for hydroxylation is 1. The summed E-state index contributed by atoms with van der Waals surface area (Å²) in [7, 11) is 0. The van der Waals surface area contributed by atoms with Crippen molar-refractivity contribution in [1.82, 2.24) is 0 Å². The quantitative estimate of drug-likeness (QED) is 0.514. The fourth-order valence-corrected chi connectivity index (χ4v) is 6.88. The Morgan fingerprint density at radius 2 is 2.10 bits per heavy atom. The standard InChI is InChI=1S/C18H23IO2/c1-18-7-6-13-12-5-3-11(20)8-10(12)2-4-14(13)15(18)9-16(19)17(18)21/h3,5,8,13-17,20-21H,2,4,6-7,9H2,1H3/t13-,14-,15+,16-,17+,18+/m1/s1/i19-2. The molecule has 4 rings (SSSR count). The summed E-state index contributed by atoms with van der Waals surface area (Å²) in [4.78, 5) is 0. The van der Waals surface area contributed by atoms with E-state index in [1.807, 2.05) is 12.1 Å². The molecule has 2 saturated carbocycles. The van der Waals surface area contributed by atoms with Crippen molar-refractivity contribution in [3.05, 3.63) is 29.3 Å². The Morgan fingerprint density at radius 1 is 1.29 bits per heavy atom. The fraction of sp³-hybridized carbons (Fsp3) is 0.667. The van der Waals surface area contributed by atoms with E-state index < -0.39 is 0 Å². The molecule has 3 heteroatoms. The second-order valence-corrected chi connectivity index (χ2v) is 9.14. The van der Waals surface area contributed by atoms with Gasteiger partial charge in [0.2, 0.25) is 0 Å². The minimum absolute atomic E-state index is 0.126. The number of aliphatic hydroxyl groups is 1. The van der Waals surface area contributed by atoms with Crippen LogP contribution in [0.1, 0.15) is 49.7 Å². The summed E-state index contributed by atoms with van der Waals surface area (Å²) in [5.74, 6) is 2.42. The van der Waals surface area contributed by atoms with Crippen LogP contribution in [0.15, 0.2) is 18.2 Å². The highest BCUT2D eigenvalue weighted by atomic mass is 125. The molecule has 3 aliphatic carbocycles. The molecule has 0 radical (unpaired) electrons. The molecule has 1 aromatic rings. The first-order valence-corrected chi connectivity index (χ1v) is 9.39. The Bertz CT molecular complexity index is 572. The predicted octanol–water partition coefficient (Wildman–Crippen LogP) is 4.02. The molecule has 2 fully saturated rings. The molecule has 0 bridgehead atoms. The van der Waals surface area contributed by atoms with Crippen LogP contribution in [0.25, 0.3) is 0 Å². The van der Waals surface area contributed by atoms with E-state index in [-0.39, 0.29) is 11.5 Å². The molecule has 0 spiro atoms. The number of fused-ring (bicyclic) bond motifs is 5. The van der Waals surface area contributed by atoms with Crippen LogP contribution in [0.5, 0.6) is 5.75 Å². The molecular weight excluding hydrogens is 373 g/mol. The van der Waals surface area contributed by atoms with Crippen LogP contribution in [-0.2, 0) is 6.42 Å². The van der Waals surface area contributed by atoms with Crippen LogP contribution in [0, 0.1) is 17.3 Å². The monoisotopic (exact) mass is 396 g/mol. The van der Waals surface area contributed by atoms with Gasteiger partial charge >= 0.3 is 0 Å². The van der Waals surface area contributed by atoms with Crippen LogP contribution < -0.4 is 0 Å². The molecule has 3 aliphatic rings. The number of alkyl halides is 1. The molecule has 0 aromatic heterocycles. The lowest BCUT2D eigenvalue weighted by Gasteiger charge is -2.50. The van der Waals surface area contributed by atoms with Crippen LogP contribution >= 0.6 is 22.6 Å². The van der Waals surface area contributed by atoms with Gasteiger partial charge in [0.15, 0.2) is 0 Å². The molecule has 0 aliphatic heterocycles. The van der Waals surface area contributed by atoms with Gasteiger partial charge in [0, 0.05) is 3.92 Å². The number of aliphatic hydroxyl groups excluding tert-OH is 1. The third-order valence-corrected chi connectivity index (χ3v) is 7.83. The third-order valence-electron chi connectivity index (χ3n) is 6.65. The lowest BCUT2D eigenvalue weighted by molar-refractivity contribution is -0.0208. The highest BCUT2D eigenvalue weighted by molar-refractivity contribution is 14.1. The molecule has 0 unspecified atom stereocenters. The first-order valence-electron chi connectivity index (χ1n) is 8.14. The lowest BCUT2D eigenvalue weighted by Crippen LogP contribution is -2.44. The number of hydrogen-bond acceptors (Lipinski definition) is 2. The van der Waals surface area contributed by atoms with Gasteiger partial charge in [-0.3, -0.25) is 0 Å². The van der Waals surface area contributed by atoms with Gasteiger partial charge in [-0.15, -0.1) is 0 Å². The van der Waals surface area contributed by atoms with Crippen LogP contribution in [0.4, 0.5) is 0 Å². The van der Waals surface area contributed by atoms with Crippen molar-refractivity contribution in [2.45, 2.75) is 55.0 Å². The summed E-state index contributed by atoms with van der Waals surface area (Å²) in [5, 5.41) is 20.3. The number of halogens is 1. The number of aromatic hydroxyl groups is 1. The fourth-order valence-electron chi connectivity index (χ4n) is 5.51. The molecule has 1 aromatic carbocycles. The summed E-state index contributed by atoms with van der Waals surface area (Å²) in [6.45, 7) is 2.32. The van der Waals surface area contributed by atoms with Gasteiger partial charge in [-0.05, 0) is 78.5 Å². The average molecular weight is 396 g/mol. The summed E-state index contributed by atoms with van der Waals surface area (Å²) >= 11 is 2.46. The van der Waals surface area contributed by atoms with E-state index in [9.17, 15) is 10.2 Å². The van der Waals surface area contributed by atoms with E-state index in [0.717, 1.165) is 18.8 Å². The van der Waals surface area contributed by atoms with Crippen molar-refractivity contribution in [3.63, 3.8) is 0 Å². The van der Waals surface area contributed by atoms with Crippen LogP contribution in [0.3, 0.4) is 0 Å². The van der Waals surface area contributed by atoms with Gasteiger partial charge in [-0.1, -0.05) is 35.6 Å². The number of rotatable bonds is 0. The van der Waals surface area contributed by atoms with Crippen molar-refractivity contribution < 1.29 is 10.2 Å². The van der Waals surface area contributed by atoms with Crippen LogP contribution in [-0.4, -0.2) is 20.2 Å². The highest BCUT2D eigenvalue weighted by Gasteiger charge is 2.57. The van der Waals surface area contributed by atoms with E-state index >= 15 is 0 Å². The van der Waals surface area contributed by atoms with Gasteiger partial charge in [0.1, 0.15) is 5.75 Å². The van der Waals surface area contributed by atoms with E-state index in [1.165, 1.54) is 30.4 Å². The Kier molecular flexibility index (Phi) is 3.31. The number of hydrogen-bond donors (Lipinski definition) is 2. The topological polar surface area (TPSA) is 40.5 Å². The normalized spacial score (nSPS) is 44.8. The highest BCUT2D eigenvalue weighted by Crippen LogP contribution is 2.62. The zero-order chi connectivity index (χ0) is 14.8. The first kappa shape index (κ1) is 14.3. The minimum Gasteiger partial charge on any atom is -0.508 e. The molecule has 0 saturated heterocycles. The van der Waals surface area contributed by atoms with Crippen molar-refractivity contribution in [1.29, 1.82) is 0 Å². The number of benzene rings is 1. The van der Waals surface area contributed by atoms with E-state index in [2.05, 4.69) is 35.6 Å². The number of phenols is 1. The summed E-state index contributed by atoms with van der Waals surface area (Å²) in [5.41, 5.74) is 2.95. The van der Waals surface area contributed by atoms with Gasteiger partial charge in [0.25, 0.3) is 0 Å². The molecule has 2 N–H and O–H groups in total. The maximum absolute atomic E-state index is 10.6. The molecule has 0 amide bonds. The Labute approximate surface area is 140 Å².